The van der Waals surface area contributed by atoms with Gasteiger partial charge < -0.3 is 14.8 Å². The quantitative estimate of drug-likeness (QED) is 0.568. The first kappa shape index (κ1) is 21.5. The number of benzene rings is 3. The smallest absolute Gasteiger partial charge is 0.454 e. The summed E-state index contributed by atoms with van der Waals surface area (Å²) in [6.07, 6.45) is -3.83. The summed E-state index contributed by atoms with van der Waals surface area (Å²) in [5, 5.41) is 2.51. The molecule has 3 aromatic carbocycles. The molecule has 0 saturated heterocycles. The van der Waals surface area contributed by atoms with E-state index < -0.39 is 28.0 Å². The standard InChI is InChI=1S/C21H15F3N2O5S/c1-32(28,29)26-14-4-2-3-12(9-14)13-5-7-16-19(10-13)30-18-8-6-15(31-21(22,23)24)11-17(18)25-20(16)27/h2-11,26H,1H3,(H,25,27). The number of anilines is 2. The van der Waals surface area contributed by atoms with E-state index in [0.717, 1.165) is 18.4 Å². The fourth-order valence-electron chi connectivity index (χ4n) is 3.15. The molecule has 0 fully saturated rings. The Hall–Kier alpha value is -3.73. The third-order valence-electron chi connectivity index (χ3n) is 4.38. The third-order valence-corrected chi connectivity index (χ3v) is 4.98. The molecule has 166 valence electrons. The average Bonchev–Trinajstić information content (AvgIpc) is 2.80. The second kappa shape index (κ2) is 7.75. The number of carbonyl (C=O) groups is 1. The van der Waals surface area contributed by atoms with Crippen LogP contribution < -0.4 is 19.5 Å². The molecule has 1 aliphatic heterocycles. The van der Waals surface area contributed by atoms with Crippen LogP contribution in [0.2, 0.25) is 0 Å². The predicted molar refractivity (Wildman–Crippen MR) is 111 cm³/mol. The average molecular weight is 464 g/mol. The van der Waals surface area contributed by atoms with Gasteiger partial charge in [0, 0.05) is 11.8 Å². The van der Waals surface area contributed by atoms with E-state index in [0.29, 0.717) is 16.8 Å². The molecule has 1 amide bonds. The Kier molecular flexibility index (Phi) is 5.21. The van der Waals surface area contributed by atoms with Crippen LogP contribution in [0.4, 0.5) is 24.5 Å². The van der Waals surface area contributed by atoms with Gasteiger partial charge in [0.1, 0.15) is 11.5 Å². The van der Waals surface area contributed by atoms with Crippen LogP contribution in [0.1, 0.15) is 10.4 Å². The van der Waals surface area contributed by atoms with E-state index in [-0.39, 0.29) is 22.7 Å². The summed E-state index contributed by atoms with van der Waals surface area (Å²) in [5.41, 5.74) is 1.85. The van der Waals surface area contributed by atoms with Crippen LogP contribution in [0.15, 0.2) is 60.7 Å². The zero-order valence-corrected chi connectivity index (χ0v) is 17.2. The molecule has 4 rings (SSSR count). The van der Waals surface area contributed by atoms with Gasteiger partial charge in [0.15, 0.2) is 5.75 Å². The van der Waals surface area contributed by atoms with Gasteiger partial charge in [-0.25, -0.2) is 8.42 Å². The summed E-state index contributed by atoms with van der Waals surface area (Å²) in [6, 6.07) is 14.7. The van der Waals surface area contributed by atoms with Gasteiger partial charge in [-0.05, 0) is 47.5 Å². The highest BCUT2D eigenvalue weighted by Gasteiger charge is 2.32. The lowest BCUT2D eigenvalue weighted by Crippen LogP contribution is -2.17. The Labute approximate surface area is 180 Å². The van der Waals surface area contributed by atoms with Gasteiger partial charge in [-0.1, -0.05) is 18.2 Å². The molecule has 0 aliphatic carbocycles. The van der Waals surface area contributed by atoms with Crippen molar-refractivity contribution in [3.05, 3.63) is 66.2 Å². The van der Waals surface area contributed by atoms with Crippen molar-refractivity contribution in [2.45, 2.75) is 6.36 Å². The second-order valence-electron chi connectivity index (χ2n) is 6.93. The molecule has 3 aromatic rings. The first-order chi connectivity index (χ1) is 15.0. The van der Waals surface area contributed by atoms with E-state index in [1.165, 1.54) is 12.1 Å². The topological polar surface area (TPSA) is 93.7 Å². The number of sulfonamides is 1. The normalized spacial score (nSPS) is 13.2. The van der Waals surface area contributed by atoms with Gasteiger partial charge >= 0.3 is 6.36 Å². The van der Waals surface area contributed by atoms with Crippen molar-refractivity contribution in [1.29, 1.82) is 0 Å². The van der Waals surface area contributed by atoms with Crippen molar-refractivity contribution in [3.63, 3.8) is 0 Å². The monoisotopic (exact) mass is 464 g/mol. The number of ether oxygens (including phenoxy) is 2. The highest BCUT2D eigenvalue weighted by molar-refractivity contribution is 7.92. The SMILES string of the molecule is CS(=O)(=O)Nc1cccc(-c2ccc3c(c2)Oc2ccc(OC(F)(F)F)cc2NC3=O)c1. The van der Waals surface area contributed by atoms with E-state index in [1.807, 2.05) is 0 Å². The van der Waals surface area contributed by atoms with Crippen LogP contribution in [-0.2, 0) is 10.0 Å². The summed E-state index contributed by atoms with van der Waals surface area (Å²) in [5.74, 6) is -0.745. The molecule has 1 heterocycles. The minimum Gasteiger partial charge on any atom is -0.454 e. The molecular formula is C21H15F3N2O5S. The van der Waals surface area contributed by atoms with Crippen molar-refractivity contribution in [3.8, 4) is 28.4 Å². The Bertz CT molecular complexity index is 1320. The highest BCUT2D eigenvalue weighted by atomic mass is 32.2. The molecular weight excluding hydrogens is 449 g/mol. The number of hydrogen-bond acceptors (Lipinski definition) is 5. The van der Waals surface area contributed by atoms with E-state index in [2.05, 4.69) is 14.8 Å². The molecule has 0 saturated carbocycles. The van der Waals surface area contributed by atoms with E-state index >= 15 is 0 Å². The molecule has 0 aromatic heterocycles. The van der Waals surface area contributed by atoms with Crippen LogP contribution in [-0.4, -0.2) is 26.9 Å². The summed E-state index contributed by atoms with van der Waals surface area (Å²) in [4.78, 5) is 12.6. The lowest BCUT2D eigenvalue weighted by Gasteiger charge is -2.12. The second-order valence-corrected chi connectivity index (χ2v) is 8.68. The van der Waals surface area contributed by atoms with Crippen LogP contribution in [0.25, 0.3) is 11.1 Å². The van der Waals surface area contributed by atoms with Crippen molar-refractivity contribution in [2.75, 3.05) is 16.3 Å². The van der Waals surface area contributed by atoms with Gasteiger partial charge in [0.05, 0.1) is 17.5 Å². The van der Waals surface area contributed by atoms with E-state index in [1.54, 1.807) is 36.4 Å². The summed E-state index contributed by atoms with van der Waals surface area (Å²) < 4.78 is 72.5. The zero-order valence-electron chi connectivity index (χ0n) is 16.4. The molecule has 7 nitrogen and oxygen atoms in total. The lowest BCUT2D eigenvalue weighted by molar-refractivity contribution is -0.274. The van der Waals surface area contributed by atoms with Crippen LogP contribution in [0, 0.1) is 0 Å². The van der Waals surface area contributed by atoms with Gasteiger partial charge in [-0.3, -0.25) is 9.52 Å². The highest BCUT2D eigenvalue weighted by Crippen LogP contribution is 2.40. The van der Waals surface area contributed by atoms with E-state index in [9.17, 15) is 26.4 Å². The van der Waals surface area contributed by atoms with Gasteiger partial charge in [-0.15, -0.1) is 13.2 Å². The molecule has 0 spiro atoms. The molecule has 2 N–H and O–H groups in total. The minimum atomic E-state index is -4.87. The molecule has 32 heavy (non-hydrogen) atoms. The number of hydrogen-bond donors (Lipinski definition) is 2. The number of rotatable bonds is 4. The Morgan fingerprint density at radius 1 is 0.969 bits per heavy atom. The number of halogens is 3. The number of nitrogens with one attached hydrogen (secondary N) is 2. The molecule has 0 bridgehead atoms. The first-order valence-electron chi connectivity index (χ1n) is 9.08. The minimum absolute atomic E-state index is 0.0221. The molecule has 0 radical (unpaired) electrons. The number of alkyl halides is 3. The fraction of sp³-hybridized carbons (Fsp3) is 0.0952. The maximum atomic E-state index is 12.6. The van der Waals surface area contributed by atoms with Crippen LogP contribution in [0.3, 0.4) is 0 Å². The molecule has 0 unspecified atom stereocenters. The molecule has 0 atom stereocenters. The summed E-state index contributed by atoms with van der Waals surface area (Å²) in [6.45, 7) is 0. The number of fused-ring (bicyclic) bond motifs is 2. The summed E-state index contributed by atoms with van der Waals surface area (Å²) >= 11 is 0. The molecule has 11 heteroatoms. The van der Waals surface area contributed by atoms with Gasteiger partial charge in [0.25, 0.3) is 5.91 Å². The van der Waals surface area contributed by atoms with Crippen molar-refractivity contribution < 1.29 is 35.9 Å². The zero-order chi connectivity index (χ0) is 23.1. The van der Waals surface area contributed by atoms with Gasteiger partial charge in [-0.2, -0.15) is 0 Å². The predicted octanol–water partition coefficient (Wildman–Crippen LogP) is 4.98. The first-order valence-corrected chi connectivity index (χ1v) is 11.0. The maximum Gasteiger partial charge on any atom is 0.573 e. The third kappa shape index (κ3) is 4.94. The van der Waals surface area contributed by atoms with Crippen molar-refractivity contribution in [2.24, 2.45) is 0 Å². The summed E-state index contributed by atoms with van der Waals surface area (Å²) in [7, 11) is -3.46. The van der Waals surface area contributed by atoms with Crippen molar-refractivity contribution in [1.82, 2.24) is 0 Å². The Morgan fingerprint density at radius 3 is 2.44 bits per heavy atom. The Morgan fingerprint density at radius 2 is 1.72 bits per heavy atom. The van der Waals surface area contributed by atoms with Gasteiger partial charge in [0.2, 0.25) is 10.0 Å². The lowest BCUT2D eigenvalue weighted by atomic mass is 10.0. The largest absolute Gasteiger partial charge is 0.573 e. The van der Waals surface area contributed by atoms with Crippen LogP contribution >= 0.6 is 0 Å². The Balaban J connectivity index is 1.68. The maximum absolute atomic E-state index is 12.6. The van der Waals surface area contributed by atoms with Crippen LogP contribution in [0.5, 0.6) is 17.2 Å². The fourth-order valence-corrected chi connectivity index (χ4v) is 3.71. The number of amides is 1. The van der Waals surface area contributed by atoms with E-state index in [4.69, 9.17) is 4.74 Å². The van der Waals surface area contributed by atoms with Crippen molar-refractivity contribution >= 4 is 27.3 Å². The molecule has 1 aliphatic rings. The number of carbonyl (C=O) groups excluding carboxylic acids is 1.